The van der Waals surface area contributed by atoms with E-state index in [2.05, 4.69) is 10.7 Å². The Hall–Kier alpha value is -4.44. The largest absolute Gasteiger partial charge is 0.457 e. The predicted octanol–water partition coefficient (Wildman–Crippen LogP) is 5.10. The number of nitrogens with zero attached hydrogens (tertiary/aromatic N) is 1. The molecular formula is C30H33FN4O5. The third kappa shape index (κ3) is 6.76. The summed E-state index contributed by atoms with van der Waals surface area (Å²) < 4.78 is 27.4. The van der Waals surface area contributed by atoms with Crippen LogP contribution in [0.2, 0.25) is 0 Å². The number of carbonyl (C=O) groups excluding carboxylic acids is 3. The molecule has 2 atom stereocenters. The van der Waals surface area contributed by atoms with Gasteiger partial charge in [0.15, 0.2) is 0 Å². The summed E-state index contributed by atoms with van der Waals surface area (Å²) in [6.45, 7) is 6.45. The highest BCUT2D eigenvalue weighted by Crippen LogP contribution is 2.42. The molecule has 0 bridgehead atoms. The van der Waals surface area contributed by atoms with Crippen LogP contribution >= 0.6 is 0 Å². The summed E-state index contributed by atoms with van der Waals surface area (Å²) in [5.41, 5.74) is 0.495. The molecule has 3 amide bonds. The number of halogens is 1. The molecule has 210 valence electrons. The number of nitrogen functional groups attached to an aromatic ring is 1. The predicted molar refractivity (Wildman–Crippen MR) is 148 cm³/mol. The van der Waals surface area contributed by atoms with E-state index in [0.29, 0.717) is 17.1 Å². The van der Waals surface area contributed by atoms with Crippen molar-refractivity contribution < 1.29 is 28.2 Å². The summed E-state index contributed by atoms with van der Waals surface area (Å²) >= 11 is 0. The number of nitrogens with one attached hydrogen (secondary N) is 2. The smallest absolute Gasteiger partial charge is 0.408 e. The highest BCUT2D eigenvalue weighted by Gasteiger charge is 2.43. The van der Waals surface area contributed by atoms with E-state index in [-0.39, 0.29) is 29.8 Å². The number of alkyl halides is 1. The van der Waals surface area contributed by atoms with Crippen LogP contribution in [0.5, 0.6) is 11.5 Å². The molecule has 40 heavy (non-hydrogen) atoms. The molecule has 0 aromatic heterocycles. The van der Waals surface area contributed by atoms with Crippen LogP contribution in [0.4, 0.5) is 14.9 Å². The van der Waals surface area contributed by atoms with Crippen LogP contribution < -0.4 is 26.2 Å². The molecule has 9 nitrogen and oxygen atoms in total. The van der Waals surface area contributed by atoms with Gasteiger partial charge in [0, 0.05) is 17.5 Å². The normalized spacial score (nSPS) is 18.8. The lowest BCUT2D eigenvalue weighted by atomic mass is 9.90. The van der Waals surface area contributed by atoms with Crippen molar-refractivity contribution in [3.63, 3.8) is 0 Å². The summed E-state index contributed by atoms with van der Waals surface area (Å²) in [7, 11) is 0. The number of hydrogen-bond acceptors (Lipinski definition) is 6. The first-order valence-electron chi connectivity index (χ1n) is 12.8. The van der Waals surface area contributed by atoms with Gasteiger partial charge in [0.25, 0.3) is 5.91 Å². The van der Waals surface area contributed by atoms with Crippen LogP contribution in [0.15, 0.2) is 72.8 Å². The molecule has 0 radical (unpaired) electrons. The van der Waals surface area contributed by atoms with Crippen molar-refractivity contribution in [3.8, 4) is 11.5 Å². The van der Waals surface area contributed by atoms with Gasteiger partial charge in [-0.2, -0.15) is 0 Å². The molecule has 2 unspecified atom stereocenters. The van der Waals surface area contributed by atoms with Gasteiger partial charge in [-0.15, -0.1) is 0 Å². The SMILES string of the molecule is CC(C)(C)OC(=O)NC1CC(C)(F)c2ccc(C(=O)NN)cc2N(Cc2ccc(Oc3ccccc3)cc2)C1=O. The topological polar surface area (TPSA) is 123 Å². The molecule has 0 saturated heterocycles. The maximum Gasteiger partial charge on any atom is 0.408 e. The second-order valence-corrected chi connectivity index (χ2v) is 10.8. The Balaban J connectivity index is 1.69. The van der Waals surface area contributed by atoms with E-state index in [1.807, 2.05) is 30.3 Å². The summed E-state index contributed by atoms with van der Waals surface area (Å²) in [5, 5.41) is 2.54. The van der Waals surface area contributed by atoms with Crippen molar-refractivity contribution >= 4 is 23.6 Å². The number of fused-ring (bicyclic) bond motifs is 1. The number of para-hydroxylation sites is 1. The van der Waals surface area contributed by atoms with E-state index in [0.717, 1.165) is 0 Å². The van der Waals surface area contributed by atoms with Crippen LogP contribution in [0.1, 0.15) is 55.6 Å². The van der Waals surface area contributed by atoms with Gasteiger partial charge in [-0.3, -0.25) is 15.0 Å². The van der Waals surface area contributed by atoms with Crippen LogP contribution in [-0.2, 0) is 21.7 Å². The third-order valence-corrected chi connectivity index (χ3v) is 6.33. The van der Waals surface area contributed by atoms with Gasteiger partial charge in [0.2, 0.25) is 5.91 Å². The van der Waals surface area contributed by atoms with Crippen LogP contribution in [-0.4, -0.2) is 29.6 Å². The Labute approximate surface area is 232 Å². The third-order valence-electron chi connectivity index (χ3n) is 6.33. The molecular weight excluding hydrogens is 515 g/mol. The monoisotopic (exact) mass is 548 g/mol. The summed E-state index contributed by atoms with van der Waals surface area (Å²) in [5.74, 6) is 5.45. The zero-order chi connectivity index (χ0) is 29.1. The Kier molecular flexibility index (Phi) is 8.11. The van der Waals surface area contributed by atoms with Crippen molar-refractivity contribution in [2.75, 3.05) is 4.90 Å². The van der Waals surface area contributed by atoms with Gasteiger partial charge < -0.3 is 19.7 Å². The van der Waals surface area contributed by atoms with Crippen molar-refractivity contribution in [1.29, 1.82) is 0 Å². The summed E-state index contributed by atoms with van der Waals surface area (Å²) in [6, 6.07) is 19.5. The molecule has 3 aromatic rings. The summed E-state index contributed by atoms with van der Waals surface area (Å²) in [6.07, 6.45) is -1.17. The standard InChI is InChI=1S/C30H33FN4O5/c1-29(2,3)40-28(38)33-24-17-30(4,31)23-15-12-20(26(36)34-32)16-25(23)35(27(24)37)18-19-10-13-22(14-11-19)39-21-8-6-5-7-9-21/h5-16,24H,17-18,32H2,1-4H3,(H,33,38)(H,34,36). The number of amides is 3. The van der Waals surface area contributed by atoms with Crippen LogP contribution in [0.3, 0.4) is 0 Å². The van der Waals surface area contributed by atoms with E-state index in [9.17, 15) is 14.4 Å². The average Bonchev–Trinajstić information content (AvgIpc) is 2.97. The average molecular weight is 549 g/mol. The number of nitrogens with two attached hydrogens (primary N) is 1. The van der Waals surface area contributed by atoms with Crippen molar-refractivity contribution in [2.24, 2.45) is 5.84 Å². The van der Waals surface area contributed by atoms with Crippen molar-refractivity contribution in [1.82, 2.24) is 10.7 Å². The Morgan fingerprint density at radius 3 is 2.33 bits per heavy atom. The highest BCUT2D eigenvalue weighted by molar-refractivity contribution is 6.02. The van der Waals surface area contributed by atoms with E-state index < -0.39 is 35.2 Å². The van der Waals surface area contributed by atoms with Crippen molar-refractivity contribution in [2.45, 2.75) is 58.0 Å². The van der Waals surface area contributed by atoms with Gasteiger partial charge in [0.05, 0.1) is 12.2 Å². The van der Waals surface area contributed by atoms with Gasteiger partial charge >= 0.3 is 6.09 Å². The molecule has 10 heteroatoms. The van der Waals surface area contributed by atoms with Crippen LogP contribution in [0.25, 0.3) is 0 Å². The molecule has 0 spiro atoms. The number of ether oxygens (including phenoxy) is 2. The molecule has 4 N–H and O–H groups in total. The summed E-state index contributed by atoms with van der Waals surface area (Å²) in [4.78, 5) is 40.2. The van der Waals surface area contributed by atoms with E-state index in [4.69, 9.17) is 15.3 Å². The fourth-order valence-corrected chi connectivity index (χ4v) is 4.50. The van der Waals surface area contributed by atoms with E-state index >= 15 is 4.39 Å². The minimum Gasteiger partial charge on any atom is -0.457 e. The molecule has 1 aliphatic heterocycles. The van der Waals surface area contributed by atoms with Gasteiger partial charge in [-0.1, -0.05) is 36.4 Å². The lowest BCUT2D eigenvalue weighted by Gasteiger charge is -2.27. The first-order valence-corrected chi connectivity index (χ1v) is 12.8. The maximum atomic E-state index is 16.2. The second-order valence-electron chi connectivity index (χ2n) is 10.8. The number of carbonyl (C=O) groups is 3. The van der Waals surface area contributed by atoms with Crippen molar-refractivity contribution in [3.05, 3.63) is 89.5 Å². The molecule has 0 fully saturated rings. The second kappa shape index (κ2) is 11.4. The highest BCUT2D eigenvalue weighted by atomic mass is 19.1. The number of hydrogen-bond donors (Lipinski definition) is 3. The number of alkyl carbamates (subject to hydrolysis) is 1. The molecule has 0 saturated carbocycles. The Morgan fingerprint density at radius 1 is 1.05 bits per heavy atom. The number of anilines is 1. The number of rotatable bonds is 6. The molecule has 0 aliphatic carbocycles. The Morgan fingerprint density at radius 2 is 1.70 bits per heavy atom. The minimum atomic E-state index is -2.02. The number of hydrazine groups is 1. The molecule has 4 rings (SSSR count). The first kappa shape index (κ1) is 28.6. The zero-order valence-corrected chi connectivity index (χ0v) is 22.9. The molecule has 1 heterocycles. The maximum absolute atomic E-state index is 16.2. The number of benzene rings is 3. The molecule has 3 aromatic carbocycles. The fourth-order valence-electron chi connectivity index (χ4n) is 4.50. The lowest BCUT2D eigenvalue weighted by molar-refractivity contribution is -0.121. The van der Waals surface area contributed by atoms with Crippen LogP contribution in [0, 0.1) is 0 Å². The first-order chi connectivity index (χ1) is 18.9. The Bertz CT molecular complexity index is 1390. The quantitative estimate of drug-likeness (QED) is 0.224. The van der Waals surface area contributed by atoms with E-state index in [1.54, 1.807) is 45.0 Å². The van der Waals surface area contributed by atoms with Gasteiger partial charge in [-0.05, 0) is 69.7 Å². The van der Waals surface area contributed by atoms with Gasteiger partial charge in [-0.25, -0.2) is 15.0 Å². The zero-order valence-electron chi connectivity index (χ0n) is 22.9. The lowest BCUT2D eigenvalue weighted by Crippen LogP contribution is -2.50. The van der Waals surface area contributed by atoms with E-state index in [1.165, 1.54) is 30.0 Å². The minimum absolute atomic E-state index is 0.0354. The fraction of sp³-hybridized carbons (Fsp3) is 0.300. The van der Waals surface area contributed by atoms with Gasteiger partial charge in [0.1, 0.15) is 28.8 Å². The molecule has 1 aliphatic rings.